The van der Waals surface area contributed by atoms with Crippen molar-refractivity contribution in [1.82, 2.24) is 15.3 Å². The highest BCUT2D eigenvalue weighted by Crippen LogP contribution is 2.18. The van der Waals surface area contributed by atoms with Crippen molar-refractivity contribution in [3.05, 3.63) is 47.4 Å². The van der Waals surface area contributed by atoms with Crippen LogP contribution in [0.5, 0.6) is 0 Å². The van der Waals surface area contributed by atoms with Crippen molar-refractivity contribution in [1.29, 1.82) is 0 Å². The topological polar surface area (TPSA) is 37.8 Å². The molecule has 0 fully saturated rings. The van der Waals surface area contributed by atoms with E-state index in [1.54, 1.807) is 0 Å². The third-order valence-corrected chi connectivity index (χ3v) is 3.16. The van der Waals surface area contributed by atoms with Gasteiger partial charge in [-0.3, -0.25) is 0 Å². The molecule has 0 spiro atoms. The largest absolute Gasteiger partial charge is 0.319 e. The normalized spacial score (nSPS) is 10.7. The van der Waals surface area contributed by atoms with E-state index in [9.17, 15) is 0 Å². The Morgan fingerprint density at radius 3 is 2.47 bits per heavy atom. The van der Waals surface area contributed by atoms with Gasteiger partial charge >= 0.3 is 0 Å². The van der Waals surface area contributed by atoms with Crippen molar-refractivity contribution in [3.63, 3.8) is 0 Å². The third-order valence-electron chi connectivity index (χ3n) is 3.16. The first kappa shape index (κ1) is 13.7. The van der Waals surface area contributed by atoms with E-state index in [1.165, 1.54) is 5.56 Å². The van der Waals surface area contributed by atoms with Gasteiger partial charge in [-0.25, -0.2) is 9.97 Å². The van der Waals surface area contributed by atoms with E-state index in [1.807, 2.05) is 20.0 Å². The van der Waals surface area contributed by atoms with Crippen LogP contribution in [-0.4, -0.2) is 23.6 Å². The molecule has 0 bridgehead atoms. The number of rotatable bonds is 5. The van der Waals surface area contributed by atoms with Gasteiger partial charge < -0.3 is 5.32 Å². The molecule has 0 unspecified atom stereocenters. The van der Waals surface area contributed by atoms with E-state index in [-0.39, 0.29) is 0 Å². The summed E-state index contributed by atoms with van der Waals surface area (Å²) in [6.45, 7) is 5.09. The predicted octanol–water partition coefficient (Wildman–Crippen LogP) is 2.78. The van der Waals surface area contributed by atoms with Gasteiger partial charge in [0, 0.05) is 24.2 Å². The van der Waals surface area contributed by atoms with E-state index in [0.717, 1.165) is 42.2 Å². The molecule has 2 aromatic rings. The number of aryl methyl sites for hydroxylation is 2. The molecule has 1 aromatic carbocycles. The van der Waals surface area contributed by atoms with Crippen molar-refractivity contribution in [2.24, 2.45) is 0 Å². The van der Waals surface area contributed by atoms with E-state index in [0.29, 0.717) is 0 Å². The zero-order valence-corrected chi connectivity index (χ0v) is 11.9. The van der Waals surface area contributed by atoms with Crippen molar-refractivity contribution >= 4 is 0 Å². The van der Waals surface area contributed by atoms with Gasteiger partial charge in [0.25, 0.3) is 0 Å². The van der Waals surface area contributed by atoms with Crippen LogP contribution in [0.2, 0.25) is 0 Å². The smallest absolute Gasteiger partial charge is 0.130 e. The number of hydrogen-bond acceptors (Lipinski definition) is 3. The second-order valence-corrected chi connectivity index (χ2v) is 4.71. The van der Waals surface area contributed by atoms with Crippen LogP contribution in [0, 0.1) is 6.92 Å². The van der Waals surface area contributed by atoms with Gasteiger partial charge in [0.15, 0.2) is 0 Å². The highest BCUT2D eigenvalue weighted by Gasteiger charge is 2.04. The number of hydrogen-bond donors (Lipinski definition) is 1. The maximum atomic E-state index is 4.65. The Bertz CT molecular complexity index is 532. The quantitative estimate of drug-likeness (QED) is 0.892. The lowest BCUT2D eigenvalue weighted by Crippen LogP contribution is -2.12. The number of aromatic nitrogens is 2. The van der Waals surface area contributed by atoms with Crippen molar-refractivity contribution in [2.75, 3.05) is 13.6 Å². The summed E-state index contributed by atoms with van der Waals surface area (Å²) in [5.74, 6) is 0.906. The number of nitrogens with zero attached hydrogens (tertiary/aromatic N) is 2. The van der Waals surface area contributed by atoms with E-state index in [2.05, 4.69) is 46.5 Å². The molecular formula is C16H21N3. The lowest BCUT2D eigenvalue weighted by molar-refractivity contribution is 0.752. The Labute approximate surface area is 115 Å². The predicted molar refractivity (Wildman–Crippen MR) is 79.2 cm³/mol. The average Bonchev–Trinajstić information content (AvgIpc) is 2.44. The zero-order valence-electron chi connectivity index (χ0n) is 11.9. The molecule has 3 nitrogen and oxygen atoms in total. The molecule has 0 saturated heterocycles. The first-order valence-corrected chi connectivity index (χ1v) is 6.81. The van der Waals surface area contributed by atoms with Crippen LogP contribution in [0.1, 0.15) is 24.0 Å². The highest BCUT2D eigenvalue weighted by atomic mass is 14.9. The summed E-state index contributed by atoms with van der Waals surface area (Å²) in [5, 5.41) is 3.13. The minimum atomic E-state index is 0.859. The SMILES string of the molecule is CCc1ccc(-c2cc(C)nc(CCNC)n2)cc1. The first-order valence-electron chi connectivity index (χ1n) is 6.81. The van der Waals surface area contributed by atoms with Crippen LogP contribution in [0.15, 0.2) is 30.3 Å². The Morgan fingerprint density at radius 1 is 1.11 bits per heavy atom. The minimum Gasteiger partial charge on any atom is -0.319 e. The van der Waals surface area contributed by atoms with E-state index >= 15 is 0 Å². The van der Waals surface area contributed by atoms with Crippen molar-refractivity contribution in [3.8, 4) is 11.3 Å². The van der Waals surface area contributed by atoms with Crippen LogP contribution in [0.25, 0.3) is 11.3 Å². The van der Waals surface area contributed by atoms with Crippen LogP contribution in [-0.2, 0) is 12.8 Å². The molecule has 0 aliphatic rings. The summed E-state index contributed by atoms with van der Waals surface area (Å²) in [5.41, 5.74) is 4.55. The molecule has 0 saturated carbocycles. The summed E-state index contributed by atoms with van der Waals surface area (Å²) >= 11 is 0. The minimum absolute atomic E-state index is 0.859. The average molecular weight is 255 g/mol. The summed E-state index contributed by atoms with van der Waals surface area (Å²) in [6.07, 6.45) is 1.93. The second-order valence-electron chi connectivity index (χ2n) is 4.71. The second kappa shape index (κ2) is 6.43. The van der Waals surface area contributed by atoms with Crippen LogP contribution >= 0.6 is 0 Å². The fourth-order valence-corrected chi connectivity index (χ4v) is 2.04. The molecule has 0 amide bonds. The van der Waals surface area contributed by atoms with Crippen LogP contribution in [0.4, 0.5) is 0 Å². The van der Waals surface area contributed by atoms with Gasteiger partial charge in [0.1, 0.15) is 5.82 Å². The standard InChI is InChI=1S/C16H21N3/c1-4-13-5-7-14(8-6-13)15-11-12(2)18-16(19-15)9-10-17-3/h5-8,11,17H,4,9-10H2,1-3H3. The molecule has 2 rings (SSSR count). The van der Waals surface area contributed by atoms with Gasteiger partial charge in [0.2, 0.25) is 0 Å². The Balaban J connectivity index is 2.29. The summed E-state index contributed by atoms with van der Waals surface area (Å²) in [7, 11) is 1.94. The monoisotopic (exact) mass is 255 g/mol. The number of benzene rings is 1. The number of nitrogens with one attached hydrogen (secondary N) is 1. The lowest BCUT2D eigenvalue weighted by atomic mass is 10.1. The summed E-state index contributed by atoms with van der Waals surface area (Å²) < 4.78 is 0. The van der Waals surface area contributed by atoms with E-state index in [4.69, 9.17) is 0 Å². The van der Waals surface area contributed by atoms with Gasteiger partial charge in [-0.2, -0.15) is 0 Å². The van der Waals surface area contributed by atoms with Gasteiger partial charge in [-0.05, 0) is 32.0 Å². The highest BCUT2D eigenvalue weighted by molar-refractivity contribution is 5.59. The molecular weight excluding hydrogens is 234 g/mol. The fraction of sp³-hybridized carbons (Fsp3) is 0.375. The van der Waals surface area contributed by atoms with Gasteiger partial charge in [-0.15, -0.1) is 0 Å². The zero-order chi connectivity index (χ0) is 13.7. The maximum absolute atomic E-state index is 4.65. The molecule has 0 radical (unpaired) electrons. The number of likely N-dealkylation sites (N-methyl/N-ethyl adjacent to an activating group) is 1. The molecule has 1 N–H and O–H groups in total. The molecule has 19 heavy (non-hydrogen) atoms. The molecule has 0 aliphatic carbocycles. The molecule has 100 valence electrons. The lowest BCUT2D eigenvalue weighted by Gasteiger charge is -2.07. The Hall–Kier alpha value is -1.74. The summed E-state index contributed by atoms with van der Waals surface area (Å²) in [6, 6.07) is 10.7. The van der Waals surface area contributed by atoms with Gasteiger partial charge in [0.05, 0.1) is 5.69 Å². The van der Waals surface area contributed by atoms with Crippen molar-refractivity contribution in [2.45, 2.75) is 26.7 Å². The molecule has 1 heterocycles. The first-order chi connectivity index (χ1) is 9.22. The van der Waals surface area contributed by atoms with Crippen LogP contribution in [0.3, 0.4) is 0 Å². The van der Waals surface area contributed by atoms with Gasteiger partial charge in [-0.1, -0.05) is 31.2 Å². The Morgan fingerprint density at radius 2 is 1.84 bits per heavy atom. The molecule has 0 atom stereocenters. The fourth-order valence-electron chi connectivity index (χ4n) is 2.04. The maximum Gasteiger partial charge on any atom is 0.130 e. The van der Waals surface area contributed by atoms with Crippen LogP contribution < -0.4 is 5.32 Å². The molecule has 1 aromatic heterocycles. The molecule has 0 aliphatic heterocycles. The van der Waals surface area contributed by atoms with E-state index < -0.39 is 0 Å². The molecule has 3 heteroatoms. The van der Waals surface area contributed by atoms with Crippen molar-refractivity contribution < 1.29 is 0 Å². The third kappa shape index (κ3) is 3.61. The summed E-state index contributed by atoms with van der Waals surface area (Å²) in [4.78, 5) is 9.13. The Kier molecular flexibility index (Phi) is 4.63.